The van der Waals surface area contributed by atoms with Gasteiger partial charge in [-0.05, 0) is 30.9 Å². The van der Waals surface area contributed by atoms with Crippen LogP contribution >= 0.6 is 0 Å². The molecule has 0 radical (unpaired) electrons. The number of ether oxygens (including phenoxy) is 1. The van der Waals surface area contributed by atoms with Crippen LogP contribution in [-0.4, -0.2) is 17.5 Å². The fourth-order valence-electron chi connectivity index (χ4n) is 2.19. The van der Waals surface area contributed by atoms with E-state index in [1.807, 2.05) is 0 Å². The van der Waals surface area contributed by atoms with E-state index in [-0.39, 0.29) is 17.6 Å². The summed E-state index contributed by atoms with van der Waals surface area (Å²) in [5.74, 6) is -0.628. The van der Waals surface area contributed by atoms with Crippen molar-refractivity contribution in [1.29, 1.82) is 0 Å². The number of nitrogens with zero attached hydrogens (tertiary/aromatic N) is 1. The monoisotopic (exact) mass is 235 g/mol. The van der Waals surface area contributed by atoms with Gasteiger partial charge >= 0.3 is 5.97 Å². The molecular weight excluding hydrogens is 222 g/mol. The van der Waals surface area contributed by atoms with E-state index in [9.17, 15) is 14.9 Å². The van der Waals surface area contributed by atoms with E-state index in [2.05, 4.69) is 0 Å². The minimum atomic E-state index is -0.444. The number of benzene rings is 1. The van der Waals surface area contributed by atoms with Crippen LogP contribution in [0.15, 0.2) is 18.2 Å². The number of fused-ring (bicyclic) bond motifs is 1. The Bertz CT molecular complexity index is 470. The minimum Gasteiger partial charge on any atom is -0.466 e. The van der Waals surface area contributed by atoms with Crippen molar-refractivity contribution in [2.45, 2.75) is 25.7 Å². The number of carbonyl (C=O) groups is 1. The first kappa shape index (κ1) is 11.6. The summed E-state index contributed by atoms with van der Waals surface area (Å²) in [6.45, 7) is 2.08. The molecule has 17 heavy (non-hydrogen) atoms. The second-order valence-electron chi connectivity index (χ2n) is 3.98. The van der Waals surface area contributed by atoms with Crippen LogP contribution < -0.4 is 0 Å². The van der Waals surface area contributed by atoms with E-state index in [0.29, 0.717) is 13.0 Å². The SMILES string of the molecule is CCOC(=O)C1CCc2ccc([N+](=O)[O-])cc21. The quantitative estimate of drug-likeness (QED) is 0.457. The summed E-state index contributed by atoms with van der Waals surface area (Å²) < 4.78 is 4.97. The maximum Gasteiger partial charge on any atom is 0.313 e. The molecule has 0 amide bonds. The van der Waals surface area contributed by atoms with Crippen LogP contribution in [0.25, 0.3) is 0 Å². The van der Waals surface area contributed by atoms with Crippen molar-refractivity contribution < 1.29 is 14.5 Å². The third-order valence-corrected chi connectivity index (χ3v) is 2.99. The van der Waals surface area contributed by atoms with Gasteiger partial charge in [0.15, 0.2) is 0 Å². The number of non-ortho nitro benzene ring substituents is 1. The number of esters is 1. The molecule has 1 aliphatic carbocycles. The molecular formula is C12H13NO4. The van der Waals surface area contributed by atoms with E-state index in [1.54, 1.807) is 13.0 Å². The van der Waals surface area contributed by atoms with E-state index in [4.69, 9.17) is 4.74 Å². The van der Waals surface area contributed by atoms with Crippen LogP contribution in [0.2, 0.25) is 0 Å². The molecule has 5 nitrogen and oxygen atoms in total. The molecule has 1 unspecified atom stereocenters. The van der Waals surface area contributed by atoms with Gasteiger partial charge in [-0.1, -0.05) is 6.07 Å². The first-order chi connectivity index (χ1) is 8.13. The van der Waals surface area contributed by atoms with Gasteiger partial charge in [-0.2, -0.15) is 0 Å². The fourth-order valence-corrected chi connectivity index (χ4v) is 2.19. The number of carbonyl (C=O) groups excluding carboxylic acids is 1. The molecule has 0 aliphatic heterocycles. The standard InChI is InChI=1S/C12H13NO4/c1-2-17-12(14)10-6-4-8-3-5-9(13(15)16)7-11(8)10/h3,5,7,10H,2,4,6H2,1H3. The Labute approximate surface area is 98.5 Å². The Morgan fingerprint density at radius 2 is 2.35 bits per heavy atom. The summed E-state index contributed by atoms with van der Waals surface area (Å²) in [4.78, 5) is 21.9. The molecule has 0 spiro atoms. The Morgan fingerprint density at radius 1 is 1.59 bits per heavy atom. The van der Waals surface area contributed by atoms with Crippen LogP contribution in [0.4, 0.5) is 5.69 Å². The number of hydrogen-bond donors (Lipinski definition) is 0. The van der Waals surface area contributed by atoms with Crippen LogP contribution in [-0.2, 0) is 16.0 Å². The lowest BCUT2D eigenvalue weighted by Crippen LogP contribution is -2.13. The van der Waals surface area contributed by atoms with Crippen LogP contribution in [0, 0.1) is 10.1 Å². The molecule has 0 N–H and O–H groups in total. The smallest absolute Gasteiger partial charge is 0.313 e. The Hall–Kier alpha value is -1.91. The van der Waals surface area contributed by atoms with Crippen molar-refractivity contribution >= 4 is 11.7 Å². The van der Waals surface area contributed by atoms with E-state index < -0.39 is 4.92 Å². The van der Waals surface area contributed by atoms with Gasteiger partial charge < -0.3 is 4.74 Å². The molecule has 0 heterocycles. The second-order valence-corrected chi connectivity index (χ2v) is 3.98. The molecule has 2 rings (SSSR count). The third kappa shape index (κ3) is 2.13. The molecule has 5 heteroatoms. The highest BCUT2D eigenvalue weighted by atomic mass is 16.6. The largest absolute Gasteiger partial charge is 0.466 e. The number of nitro benzene ring substituents is 1. The maximum atomic E-state index is 11.7. The second kappa shape index (κ2) is 4.53. The number of aryl methyl sites for hydroxylation is 1. The average Bonchev–Trinajstić information content (AvgIpc) is 2.71. The maximum absolute atomic E-state index is 11.7. The van der Waals surface area contributed by atoms with Crippen LogP contribution in [0.3, 0.4) is 0 Å². The first-order valence-corrected chi connectivity index (χ1v) is 5.57. The predicted octanol–water partition coefficient (Wildman–Crippen LogP) is 2.19. The summed E-state index contributed by atoms with van der Waals surface area (Å²) in [5.41, 5.74) is 1.78. The zero-order chi connectivity index (χ0) is 12.4. The summed E-state index contributed by atoms with van der Waals surface area (Å²) >= 11 is 0. The van der Waals surface area contributed by atoms with E-state index in [0.717, 1.165) is 17.5 Å². The lowest BCUT2D eigenvalue weighted by Gasteiger charge is -2.09. The van der Waals surface area contributed by atoms with Gasteiger partial charge in [0.25, 0.3) is 5.69 Å². The van der Waals surface area contributed by atoms with Gasteiger partial charge in [0.2, 0.25) is 0 Å². The van der Waals surface area contributed by atoms with Crippen molar-refractivity contribution in [2.24, 2.45) is 0 Å². The van der Waals surface area contributed by atoms with Gasteiger partial charge in [0, 0.05) is 12.1 Å². The fraction of sp³-hybridized carbons (Fsp3) is 0.417. The normalized spacial score (nSPS) is 17.6. The van der Waals surface area contributed by atoms with Crippen LogP contribution in [0.5, 0.6) is 0 Å². The summed E-state index contributed by atoms with van der Waals surface area (Å²) in [5, 5.41) is 10.7. The Balaban J connectivity index is 2.32. The topological polar surface area (TPSA) is 69.4 Å². The molecule has 1 atom stereocenters. The van der Waals surface area contributed by atoms with Crippen molar-refractivity contribution in [3.63, 3.8) is 0 Å². The number of nitro groups is 1. The molecule has 1 aromatic carbocycles. The zero-order valence-corrected chi connectivity index (χ0v) is 9.51. The Morgan fingerprint density at radius 3 is 3.00 bits per heavy atom. The van der Waals surface area contributed by atoms with Gasteiger partial charge in [-0.25, -0.2) is 0 Å². The molecule has 0 fully saturated rings. The van der Waals surface area contributed by atoms with Crippen molar-refractivity contribution in [1.82, 2.24) is 0 Å². The Kier molecular flexibility index (Phi) is 3.08. The molecule has 1 aliphatic rings. The highest BCUT2D eigenvalue weighted by Crippen LogP contribution is 2.36. The lowest BCUT2D eigenvalue weighted by molar-refractivity contribution is -0.384. The van der Waals surface area contributed by atoms with E-state index in [1.165, 1.54) is 12.1 Å². The third-order valence-electron chi connectivity index (χ3n) is 2.99. The van der Waals surface area contributed by atoms with Crippen LogP contribution in [0.1, 0.15) is 30.4 Å². The number of hydrogen-bond acceptors (Lipinski definition) is 4. The summed E-state index contributed by atoms with van der Waals surface area (Å²) in [7, 11) is 0. The molecule has 1 aromatic rings. The lowest BCUT2D eigenvalue weighted by atomic mass is 10.0. The van der Waals surface area contributed by atoms with Gasteiger partial charge in [0.05, 0.1) is 17.4 Å². The first-order valence-electron chi connectivity index (χ1n) is 5.57. The summed E-state index contributed by atoms with van der Waals surface area (Å²) in [6, 6.07) is 4.70. The molecule has 0 aromatic heterocycles. The summed E-state index contributed by atoms with van der Waals surface area (Å²) in [6.07, 6.45) is 1.45. The highest BCUT2D eigenvalue weighted by molar-refractivity contribution is 5.80. The average molecular weight is 235 g/mol. The highest BCUT2D eigenvalue weighted by Gasteiger charge is 2.31. The van der Waals surface area contributed by atoms with Gasteiger partial charge in [0.1, 0.15) is 0 Å². The molecule has 0 saturated heterocycles. The molecule has 0 saturated carbocycles. The van der Waals surface area contributed by atoms with E-state index >= 15 is 0 Å². The zero-order valence-electron chi connectivity index (χ0n) is 9.51. The molecule has 90 valence electrons. The minimum absolute atomic E-state index is 0.0277. The number of rotatable bonds is 3. The van der Waals surface area contributed by atoms with Crippen molar-refractivity contribution in [2.75, 3.05) is 6.61 Å². The predicted molar refractivity (Wildman–Crippen MR) is 60.8 cm³/mol. The van der Waals surface area contributed by atoms with Crippen molar-refractivity contribution in [3.05, 3.63) is 39.4 Å². The van der Waals surface area contributed by atoms with Gasteiger partial charge in [-0.3, -0.25) is 14.9 Å². The van der Waals surface area contributed by atoms with Crippen molar-refractivity contribution in [3.8, 4) is 0 Å². The molecule has 0 bridgehead atoms. The van der Waals surface area contributed by atoms with Gasteiger partial charge in [-0.15, -0.1) is 0 Å².